The third-order valence-corrected chi connectivity index (χ3v) is 4.15. The number of hydrogen-bond donors (Lipinski definition) is 3. The van der Waals surface area contributed by atoms with Crippen LogP contribution in [-0.2, 0) is 20.0 Å². The molecule has 0 aliphatic rings. The van der Waals surface area contributed by atoms with Crippen LogP contribution in [0.1, 0.15) is 17.0 Å². The Labute approximate surface area is 109 Å². The highest BCUT2D eigenvalue weighted by Crippen LogP contribution is 2.13. The van der Waals surface area contributed by atoms with Crippen LogP contribution < -0.4 is 9.86 Å². The van der Waals surface area contributed by atoms with Crippen molar-refractivity contribution in [2.45, 2.75) is 11.5 Å². The van der Waals surface area contributed by atoms with E-state index < -0.39 is 36.9 Å². The monoisotopic (exact) mass is 312 g/mol. The molecule has 0 unspecified atom stereocenters. The Morgan fingerprint density at radius 1 is 1.32 bits per heavy atom. The van der Waals surface area contributed by atoms with Crippen molar-refractivity contribution in [3.8, 4) is 0 Å². The number of carboxylic acid groups (broad SMARTS) is 1. The average molecular weight is 312 g/mol. The fourth-order valence-corrected chi connectivity index (χ4v) is 2.68. The number of sulfonamides is 2. The van der Waals surface area contributed by atoms with Gasteiger partial charge in [0.1, 0.15) is 0 Å². The Morgan fingerprint density at radius 3 is 2.42 bits per heavy atom. The minimum Gasteiger partial charge on any atom is -0.475 e. The second-order valence-corrected chi connectivity index (χ2v) is 6.97. The van der Waals surface area contributed by atoms with E-state index in [4.69, 9.17) is 10.2 Å². The molecule has 0 saturated carbocycles. The van der Waals surface area contributed by atoms with Crippen molar-refractivity contribution in [2.24, 2.45) is 5.14 Å². The van der Waals surface area contributed by atoms with E-state index in [9.17, 15) is 21.6 Å². The first kappa shape index (κ1) is 15.6. The summed E-state index contributed by atoms with van der Waals surface area (Å²) in [5, 5.41) is 12.8. The van der Waals surface area contributed by atoms with Crippen LogP contribution in [0, 0.1) is 0 Å². The molecule has 0 bridgehead atoms. The Morgan fingerprint density at radius 2 is 1.95 bits per heavy atom. The summed E-state index contributed by atoms with van der Waals surface area (Å²) in [6.45, 7) is -0.165. The fourth-order valence-electron chi connectivity index (χ4n) is 1.13. The van der Waals surface area contributed by atoms with Crippen molar-refractivity contribution in [1.82, 2.24) is 4.72 Å². The number of rotatable bonds is 7. The molecule has 0 aliphatic heterocycles. The highest BCUT2D eigenvalue weighted by molar-refractivity contribution is 7.89. The molecule has 0 spiro atoms. The van der Waals surface area contributed by atoms with Crippen LogP contribution >= 0.6 is 0 Å². The van der Waals surface area contributed by atoms with Gasteiger partial charge in [-0.05, 0) is 18.6 Å². The number of furan rings is 1. The van der Waals surface area contributed by atoms with Crippen LogP contribution in [0.25, 0.3) is 0 Å². The molecule has 1 aromatic heterocycles. The van der Waals surface area contributed by atoms with Gasteiger partial charge in [0.15, 0.2) is 0 Å². The molecule has 0 amide bonds. The summed E-state index contributed by atoms with van der Waals surface area (Å²) >= 11 is 0. The summed E-state index contributed by atoms with van der Waals surface area (Å²) in [5.74, 6) is -2.27. The van der Waals surface area contributed by atoms with E-state index in [2.05, 4.69) is 9.14 Å². The van der Waals surface area contributed by atoms with Crippen molar-refractivity contribution in [3.05, 3.63) is 17.9 Å². The summed E-state index contributed by atoms with van der Waals surface area (Å²) < 4.78 is 51.2. The van der Waals surface area contributed by atoms with Gasteiger partial charge in [-0.3, -0.25) is 0 Å². The number of aromatic carboxylic acids is 1. The Kier molecular flexibility index (Phi) is 4.68. The van der Waals surface area contributed by atoms with Crippen LogP contribution in [-0.4, -0.2) is 40.2 Å². The molecule has 1 rings (SSSR count). The summed E-state index contributed by atoms with van der Waals surface area (Å²) in [5.41, 5.74) is 0. The Balaban J connectivity index is 2.63. The quantitative estimate of drug-likeness (QED) is 0.541. The minimum absolute atomic E-state index is 0.00937. The van der Waals surface area contributed by atoms with Gasteiger partial charge in [0, 0.05) is 6.54 Å². The van der Waals surface area contributed by atoms with Crippen molar-refractivity contribution >= 4 is 26.0 Å². The maximum Gasteiger partial charge on any atom is 0.371 e. The molecule has 108 valence electrons. The Bertz CT molecular complexity index is 659. The van der Waals surface area contributed by atoms with Gasteiger partial charge in [-0.2, -0.15) is 0 Å². The Hall–Kier alpha value is -1.43. The molecule has 1 heterocycles. The van der Waals surface area contributed by atoms with E-state index in [1.165, 1.54) is 0 Å². The zero-order chi connectivity index (χ0) is 14.7. The van der Waals surface area contributed by atoms with Gasteiger partial charge < -0.3 is 9.52 Å². The van der Waals surface area contributed by atoms with Crippen molar-refractivity contribution in [3.63, 3.8) is 0 Å². The molecule has 1 aromatic rings. The zero-order valence-electron chi connectivity index (χ0n) is 9.57. The number of nitrogens with two attached hydrogens (primary N) is 1. The smallest absolute Gasteiger partial charge is 0.371 e. The van der Waals surface area contributed by atoms with Crippen LogP contribution in [0.2, 0.25) is 0 Å². The molecule has 19 heavy (non-hydrogen) atoms. The summed E-state index contributed by atoms with van der Waals surface area (Å²) in [6, 6.07) is 1.99. The second kappa shape index (κ2) is 5.69. The molecule has 0 aromatic carbocycles. The molecule has 0 fully saturated rings. The lowest BCUT2D eigenvalue weighted by Gasteiger charge is -2.03. The van der Waals surface area contributed by atoms with Crippen molar-refractivity contribution < 1.29 is 31.2 Å². The molecule has 9 nitrogen and oxygen atoms in total. The lowest BCUT2D eigenvalue weighted by molar-refractivity contribution is 0.0656. The summed E-state index contributed by atoms with van der Waals surface area (Å²) in [4.78, 5) is 10.5. The first-order chi connectivity index (χ1) is 8.62. The number of nitrogens with one attached hydrogen (secondary N) is 1. The highest BCUT2D eigenvalue weighted by atomic mass is 32.2. The van der Waals surface area contributed by atoms with Gasteiger partial charge in [-0.15, -0.1) is 0 Å². The highest BCUT2D eigenvalue weighted by Gasteiger charge is 2.20. The normalized spacial score (nSPS) is 12.5. The van der Waals surface area contributed by atoms with Gasteiger partial charge in [-0.1, -0.05) is 0 Å². The number of primary sulfonamides is 1. The lowest BCUT2D eigenvalue weighted by Crippen LogP contribution is -2.27. The molecule has 4 N–H and O–H groups in total. The largest absolute Gasteiger partial charge is 0.475 e. The molecule has 11 heteroatoms. The molecular formula is C8H12N2O7S2. The van der Waals surface area contributed by atoms with Crippen molar-refractivity contribution in [2.75, 3.05) is 12.3 Å². The SMILES string of the molecule is NS(=O)(=O)CCCNS(=O)(=O)c1ccc(C(=O)O)o1. The van der Waals surface area contributed by atoms with Crippen LogP contribution in [0.4, 0.5) is 0 Å². The number of carboxylic acids is 1. The van der Waals surface area contributed by atoms with Gasteiger partial charge in [0.2, 0.25) is 20.9 Å². The summed E-state index contributed by atoms with van der Waals surface area (Å²) in [7, 11) is -7.66. The maximum atomic E-state index is 11.6. The zero-order valence-corrected chi connectivity index (χ0v) is 11.2. The van der Waals surface area contributed by atoms with Crippen LogP contribution in [0.15, 0.2) is 21.6 Å². The van der Waals surface area contributed by atoms with Gasteiger partial charge in [0.25, 0.3) is 10.0 Å². The predicted octanol–water partition coefficient (Wildman–Crippen LogP) is -1.07. The van der Waals surface area contributed by atoms with Crippen LogP contribution in [0.5, 0.6) is 0 Å². The van der Waals surface area contributed by atoms with Crippen LogP contribution in [0.3, 0.4) is 0 Å². The minimum atomic E-state index is -4.01. The van der Waals surface area contributed by atoms with E-state index in [0.717, 1.165) is 12.1 Å². The van der Waals surface area contributed by atoms with Gasteiger partial charge in [-0.25, -0.2) is 31.5 Å². The summed E-state index contributed by atoms with van der Waals surface area (Å²) in [6.07, 6.45) is -0.00937. The van der Waals surface area contributed by atoms with Crippen molar-refractivity contribution in [1.29, 1.82) is 0 Å². The second-order valence-electron chi connectivity index (χ2n) is 3.54. The van der Waals surface area contributed by atoms with Gasteiger partial charge in [0.05, 0.1) is 5.75 Å². The van der Waals surface area contributed by atoms with E-state index in [1.54, 1.807) is 0 Å². The topological polar surface area (TPSA) is 157 Å². The molecule has 0 saturated heterocycles. The maximum absolute atomic E-state index is 11.6. The average Bonchev–Trinajstić information content (AvgIpc) is 2.73. The first-order valence-corrected chi connectivity index (χ1v) is 8.15. The first-order valence-electron chi connectivity index (χ1n) is 4.95. The number of hydrogen-bond acceptors (Lipinski definition) is 6. The van der Waals surface area contributed by atoms with Gasteiger partial charge >= 0.3 is 5.97 Å². The van der Waals surface area contributed by atoms with E-state index in [0.29, 0.717) is 0 Å². The third kappa shape index (κ3) is 4.98. The predicted molar refractivity (Wildman–Crippen MR) is 63.4 cm³/mol. The number of carbonyl (C=O) groups is 1. The van der Waals surface area contributed by atoms with E-state index >= 15 is 0 Å². The fraction of sp³-hybridized carbons (Fsp3) is 0.375. The van der Waals surface area contributed by atoms with E-state index in [1.807, 2.05) is 0 Å². The molecular weight excluding hydrogens is 300 g/mol. The molecule has 0 radical (unpaired) electrons. The van der Waals surface area contributed by atoms with E-state index in [-0.39, 0.29) is 18.7 Å². The standard InChI is InChI=1S/C8H12N2O7S2/c9-18(13,14)5-1-4-10-19(15,16)7-3-2-6(17-7)8(11)12/h2-3,10H,1,4-5H2,(H,11,12)(H2,9,13,14). The molecule has 0 aliphatic carbocycles. The third-order valence-electron chi connectivity index (χ3n) is 1.95. The lowest BCUT2D eigenvalue weighted by atomic mass is 10.5. The molecule has 0 atom stereocenters.